The minimum absolute atomic E-state index is 0.241. The number of para-hydroxylation sites is 1. The smallest absolute Gasteiger partial charge is 0.272 e. The number of hydrogen-bond donors (Lipinski definition) is 2. The molecule has 0 aliphatic carbocycles. The molecule has 38 heavy (non-hydrogen) atoms. The fourth-order valence-corrected chi connectivity index (χ4v) is 4.15. The summed E-state index contributed by atoms with van der Waals surface area (Å²) in [6, 6.07) is 23.6. The van der Waals surface area contributed by atoms with Crippen molar-refractivity contribution < 1.29 is 19.1 Å². The number of anilines is 1. The van der Waals surface area contributed by atoms with Crippen LogP contribution >= 0.6 is 0 Å². The van der Waals surface area contributed by atoms with Crippen LogP contribution in [0.5, 0.6) is 5.75 Å². The molecule has 0 spiro atoms. The lowest BCUT2D eigenvalue weighted by molar-refractivity contribution is -0.131. The number of benzene rings is 3. The number of rotatable bonds is 8. The molecule has 2 atom stereocenters. The highest BCUT2D eigenvalue weighted by Crippen LogP contribution is 2.27. The van der Waals surface area contributed by atoms with Gasteiger partial charge in [-0.1, -0.05) is 74.5 Å². The molecule has 2 N–H and O–H groups in total. The van der Waals surface area contributed by atoms with Crippen LogP contribution in [0, 0.1) is 0 Å². The minimum Gasteiger partial charge on any atom is -0.484 e. The summed E-state index contributed by atoms with van der Waals surface area (Å²) in [5.41, 5.74) is 4.06. The van der Waals surface area contributed by atoms with Crippen molar-refractivity contribution in [2.75, 3.05) is 18.6 Å². The fraction of sp³-hybridized carbons (Fsp3) is 0.267. The zero-order valence-corrected chi connectivity index (χ0v) is 22.0. The van der Waals surface area contributed by atoms with Gasteiger partial charge in [-0.05, 0) is 36.6 Å². The normalized spacial score (nSPS) is 15.7. The van der Waals surface area contributed by atoms with Crippen molar-refractivity contribution in [3.8, 4) is 5.75 Å². The Bertz CT molecular complexity index is 1340. The SMILES string of the molecule is CC(C)c1ccc(OCC(=O)N[C@@H](C)C(=O)N[C@H]2N=C(c3ccccc3)c3ccccc3N(C)C2=O)cc1. The lowest BCUT2D eigenvalue weighted by Gasteiger charge is -2.22. The summed E-state index contributed by atoms with van der Waals surface area (Å²) in [5.74, 6) is -0.409. The van der Waals surface area contributed by atoms with E-state index in [4.69, 9.17) is 4.74 Å². The summed E-state index contributed by atoms with van der Waals surface area (Å²) < 4.78 is 5.55. The molecular weight excluding hydrogens is 480 g/mol. The molecule has 3 amide bonds. The number of benzodiazepines with no additional fused rings is 1. The van der Waals surface area contributed by atoms with Crippen molar-refractivity contribution in [3.63, 3.8) is 0 Å². The summed E-state index contributed by atoms with van der Waals surface area (Å²) >= 11 is 0. The standard InChI is InChI=1S/C30H32N4O4/c1-19(2)21-14-16-23(17-15-21)38-18-26(35)31-20(3)29(36)33-28-30(37)34(4)25-13-9-8-12-24(25)27(32-28)22-10-6-5-7-11-22/h5-17,19-20,28H,18H2,1-4H3,(H,31,35)(H,33,36)/t20-,28+/m0/s1. The number of ether oxygens (including phenoxy) is 1. The van der Waals surface area contributed by atoms with E-state index >= 15 is 0 Å². The third kappa shape index (κ3) is 6.08. The third-order valence-corrected chi connectivity index (χ3v) is 6.36. The Morgan fingerprint density at radius 2 is 1.61 bits per heavy atom. The van der Waals surface area contributed by atoms with E-state index in [9.17, 15) is 14.4 Å². The number of fused-ring (bicyclic) bond motifs is 1. The monoisotopic (exact) mass is 512 g/mol. The number of carbonyl (C=O) groups excluding carboxylic acids is 3. The predicted octanol–water partition coefficient (Wildman–Crippen LogP) is 3.65. The molecule has 196 valence electrons. The number of carbonyl (C=O) groups is 3. The van der Waals surface area contributed by atoms with Gasteiger partial charge in [0.1, 0.15) is 11.8 Å². The van der Waals surface area contributed by atoms with Crippen molar-refractivity contribution in [1.29, 1.82) is 0 Å². The summed E-state index contributed by atoms with van der Waals surface area (Å²) in [6.07, 6.45) is -1.16. The van der Waals surface area contributed by atoms with E-state index in [0.29, 0.717) is 23.1 Å². The van der Waals surface area contributed by atoms with Crippen LogP contribution in [-0.4, -0.2) is 49.3 Å². The van der Waals surface area contributed by atoms with Gasteiger partial charge in [-0.15, -0.1) is 0 Å². The molecule has 3 aromatic rings. The summed E-state index contributed by atoms with van der Waals surface area (Å²) in [4.78, 5) is 44.9. The highest BCUT2D eigenvalue weighted by molar-refractivity contribution is 6.20. The number of hydrogen-bond acceptors (Lipinski definition) is 5. The fourth-order valence-electron chi connectivity index (χ4n) is 4.15. The summed E-state index contributed by atoms with van der Waals surface area (Å²) in [5, 5.41) is 5.32. The first-order valence-electron chi connectivity index (χ1n) is 12.6. The molecule has 0 fully saturated rings. The maximum atomic E-state index is 13.3. The molecule has 0 bridgehead atoms. The van der Waals surface area contributed by atoms with E-state index in [1.165, 1.54) is 10.5 Å². The van der Waals surface area contributed by atoms with Crippen molar-refractivity contribution in [1.82, 2.24) is 10.6 Å². The third-order valence-electron chi connectivity index (χ3n) is 6.36. The number of likely N-dealkylation sites (N-methyl/N-ethyl adjacent to an activating group) is 1. The highest BCUT2D eigenvalue weighted by atomic mass is 16.5. The Hall–Kier alpha value is -4.46. The van der Waals surface area contributed by atoms with Gasteiger partial charge in [-0.2, -0.15) is 0 Å². The Labute approximate surface area is 222 Å². The number of nitrogens with one attached hydrogen (secondary N) is 2. The molecule has 0 radical (unpaired) electrons. The van der Waals surface area contributed by atoms with E-state index in [1.807, 2.05) is 78.9 Å². The van der Waals surface area contributed by atoms with Gasteiger partial charge in [-0.25, -0.2) is 4.99 Å². The minimum atomic E-state index is -1.16. The van der Waals surface area contributed by atoms with Gasteiger partial charge in [0.2, 0.25) is 12.1 Å². The van der Waals surface area contributed by atoms with Crippen LogP contribution in [0.1, 0.15) is 43.4 Å². The molecule has 1 aliphatic rings. The average Bonchev–Trinajstić information content (AvgIpc) is 3.03. The van der Waals surface area contributed by atoms with E-state index in [1.54, 1.807) is 14.0 Å². The largest absolute Gasteiger partial charge is 0.484 e. The quantitative estimate of drug-likeness (QED) is 0.481. The second kappa shape index (κ2) is 11.7. The Morgan fingerprint density at radius 1 is 0.947 bits per heavy atom. The van der Waals surface area contributed by atoms with Crippen molar-refractivity contribution in [2.24, 2.45) is 4.99 Å². The second-order valence-electron chi connectivity index (χ2n) is 9.47. The predicted molar refractivity (Wildman–Crippen MR) is 147 cm³/mol. The van der Waals surface area contributed by atoms with Crippen LogP contribution in [0.2, 0.25) is 0 Å². The molecule has 1 aliphatic heterocycles. The maximum Gasteiger partial charge on any atom is 0.272 e. The summed E-state index contributed by atoms with van der Waals surface area (Å²) in [6.45, 7) is 5.51. The van der Waals surface area contributed by atoms with E-state index in [-0.39, 0.29) is 12.5 Å². The van der Waals surface area contributed by atoms with Crippen LogP contribution in [0.15, 0.2) is 83.9 Å². The van der Waals surface area contributed by atoms with Gasteiger partial charge in [0.15, 0.2) is 6.61 Å². The topological polar surface area (TPSA) is 100 Å². The Kier molecular flexibility index (Phi) is 8.21. The van der Waals surface area contributed by atoms with Crippen LogP contribution < -0.4 is 20.3 Å². The molecule has 8 heteroatoms. The first-order valence-corrected chi connectivity index (χ1v) is 12.6. The molecule has 3 aromatic carbocycles. The molecule has 0 saturated heterocycles. The number of aliphatic imine (C=N–C) groups is 1. The van der Waals surface area contributed by atoms with Gasteiger partial charge in [0.05, 0.1) is 11.4 Å². The van der Waals surface area contributed by atoms with Crippen molar-refractivity contribution >= 4 is 29.1 Å². The van der Waals surface area contributed by atoms with Gasteiger partial charge in [-0.3, -0.25) is 14.4 Å². The Balaban J connectivity index is 1.44. The van der Waals surface area contributed by atoms with Gasteiger partial charge < -0.3 is 20.3 Å². The molecule has 4 rings (SSSR count). The van der Waals surface area contributed by atoms with Gasteiger partial charge in [0.25, 0.3) is 11.8 Å². The Morgan fingerprint density at radius 3 is 2.29 bits per heavy atom. The molecule has 0 aromatic heterocycles. The van der Waals surface area contributed by atoms with E-state index < -0.39 is 24.0 Å². The zero-order valence-electron chi connectivity index (χ0n) is 22.0. The lowest BCUT2D eigenvalue weighted by atomic mass is 10.0. The number of nitrogens with zero attached hydrogens (tertiary/aromatic N) is 2. The highest BCUT2D eigenvalue weighted by Gasteiger charge is 2.32. The summed E-state index contributed by atoms with van der Waals surface area (Å²) in [7, 11) is 1.65. The average molecular weight is 513 g/mol. The van der Waals surface area contributed by atoms with E-state index in [2.05, 4.69) is 29.5 Å². The van der Waals surface area contributed by atoms with E-state index in [0.717, 1.165) is 11.1 Å². The van der Waals surface area contributed by atoms with Crippen molar-refractivity contribution in [2.45, 2.75) is 38.9 Å². The lowest BCUT2D eigenvalue weighted by Crippen LogP contribution is -2.52. The first kappa shape index (κ1) is 26.6. The van der Waals surface area contributed by atoms with Crippen LogP contribution in [0.25, 0.3) is 0 Å². The molecule has 0 unspecified atom stereocenters. The second-order valence-corrected chi connectivity index (χ2v) is 9.47. The van der Waals surface area contributed by atoms with Gasteiger partial charge in [0, 0.05) is 18.2 Å². The maximum absolute atomic E-state index is 13.3. The molecular formula is C30H32N4O4. The van der Waals surface area contributed by atoms with Crippen LogP contribution in [0.4, 0.5) is 5.69 Å². The van der Waals surface area contributed by atoms with Gasteiger partial charge >= 0.3 is 0 Å². The van der Waals surface area contributed by atoms with Crippen LogP contribution in [0.3, 0.4) is 0 Å². The molecule has 0 saturated carbocycles. The van der Waals surface area contributed by atoms with Crippen LogP contribution in [-0.2, 0) is 14.4 Å². The number of amides is 3. The zero-order chi connectivity index (χ0) is 27.2. The first-order chi connectivity index (χ1) is 18.2. The van der Waals surface area contributed by atoms with Crippen molar-refractivity contribution in [3.05, 3.63) is 95.6 Å². The molecule has 8 nitrogen and oxygen atoms in total. The molecule has 1 heterocycles.